The second kappa shape index (κ2) is 8.45. The quantitative estimate of drug-likeness (QED) is 0.840. The van der Waals surface area contributed by atoms with E-state index in [1.807, 2.05) is 6.92 Å². The van der Waals surface area contributed by atoms with Crippen LogP contribution in [0.5, 0.6) is 0 Å². The summed E-state index contributed by atoms with van der Waals surface area (Å²) in [5.41, 5.74) is 0.0128. The molecule has 126 valence electrons. The minimum Gasteiger partial charge on any atom is -0.349 e. The molecule has 0 bridgehead atoms. The maximum absolute atomic E-state index is 12.1. The van der Waals surface area contributed by atoms with Crippen LogP contribution in [0.2, 0.25) is 0 Å². The smallest absolute Gasteiger partial charge is 0.271 e. The third-order valence-corrected chi connectivity index (χ3v) is 3.87. The molecule has 1 aliphatic rings. The molecule has 0 radical (unpaired) electrons. The summed E-state index contributed by atoms with van der Waals surface area (Å²) in [4.78, 5) is 37.4. The van der Waals surface area contributed by atoms with Gasteiger partial charge in [0.1, 0.15) is 5.69 Å². The number of hydrogen-bond acceptors (Lipinski definition) is 4. The minimum atomic E-state index is -0.322. The number of nitrogens with zero attached hydrogens (tertiary/aromatic N) is 3. The number of carbonyl (C=O) groups is 2. The predicted octanol–water partition coefficient (Wildman–Crippen LogP) is 0.786. The van der Waals surface area contributed by atoms with Crippen molar-refractivity contribution in [1.29, 1.82) is 0 Å². The normalized spacial score (nSPS) is 15.3. The van der Waals surface area contributed by atoms with Crippen LogP contribution in [0.3, 0.4) is 0 Å². The molecule has 1 aromatic rings. The Morgan fingerprint density at radius 3 is 2.83 bits per heavy atom. The monoisotopic (exact) mass is 320 g/mol. The van der Waals surface area contributed by atoms with Crippen molar-refractivity contribution in [2.24, 2.45) is 0 Å². The third-order valence-electron chi connectivity index (χ3n) is 3.87. The fraction of sp³-hybridized carbons (Fsp3) is 0.625. The first kappa shape index (κ1) is 17.2. The number of nitrogens with one attached hydrogen (secondary N) is 1. The fourth-order valence-electron chi connectivity index (χ4n) is 2.61. The number of aromatic nitrogens is 2. The molecule has 0 unspecified atom stereocenters. The number of aryl methyl sites for hydroxylation is 1. The van der Waals surface area contributed by atoms with E-state index >= 15 is 0 Å². The Hall–Kier alpha value is -2.18. The summed E-state index contributed by atoms with van der Waals surface area (Å²) in [6, 6.07) is 2.79. The lowest BCUT2D eigenvalue weighted by Gasteiger charge is -2.20. The first-order chi connectivity index (χ1) is 11.1. The van der Waals surface area contributed by atoms with E-state index in [4.69, 9.17) is 0 Å². The summed E-state index contributed by atoms with van der Waals surface area (Å²) in [5, 5.41) is 6.83. The second-order valence-corrected chi connectivity index (χ2v) is 5.73. The van der Waals surface area contributed by atoms with Crippen LogP contribution in [-0.4, -0.2) is 46.1 Å². The molecule has 2 rings (SSSR count). The van der Waals surface area contributed by atoms with Gasteiger partial charge in [-0.25, -0.2) is 4.68 Å². The standard InChI is InChI=1S/C16H24N4O3/c1-2-10-20-15(22)8-7-13(18-20)16(23)17-9-12-19-11-5-3-4-6-14(19)21/h7-8H,2-6,9-12H2,1H3,(H,17,23). The Labute approximate surface area is 135 Å². The van der Waals surface area contributed by atoms with Gasteiger partial charge in [-0.3, -0.25) is 14.4 Å². The zero-order valence-corrected chi connectivity index (χ0v) is 13.6. The summed E-state index contributed by atoms with van der Waals surface area (Å²) in [6.45, 7) is 4.09. The van der Waals surface area contributed by atoms with Gasteiger partial charge in [-0.05, 0) is 25.3 Å². The van der Waals surface area contributed by atoms with E-state index in [1.165, 1.54) is 16.8 Å². The first-order valence-electron chi connectivity index (χ1n) is 8.26. The van der Waals surface area contributed by atoms with Crippen LogP contribution in [0, 0.1) is 0 Å². The Morgan fingerprint density at radius 1 is 1.22 bits per heavy atom. The average molecular weight is 320 g/mol. The van der Waals surface area contributed by atoms with Gasteiger partial charge in [-0.2, -0.15) is 5.10 Å². The lowest BCUT2D eigenvalue weighted by molar-refractivity contribution is -0.130. The van der Waals surface area contributed by atoms with Crippen LogP contribution in [0.15, 0.2) is 16.9 Å². The highest BCUT2D eigenvalue weighted by atomic mass is 16.2. The molecule has 23 heavy (non-hydrogen) atoms. The Kier molecular flexibility index (Phi) is 6.31. The van der Waals surface area contributed by atoms with Crippen LogP contribution < -0.4 is 10.9 Å². The molecule has 0 spiro atoms. The largest absolute Gasteiger partial charge is 0.349 e. The van der Waals surface area contributed by atoms with Gasteiger partial charge in [-0.1, -0.05) is 13.3 Å². The third kappa shape index (κ3) is 4.91. The summed E-state index contributed by atoms with van der Waals surface area (Å²) in [7, 11) is 0. The van der Waals surface area contributed by atoms with Crippen LogP contribution in [0.25, 0.3) is 0 Å². The fourth-order valence-corrected chi connectivity index (χ4v) is 2.61. The predicted molar refractivity (Wildman–Crippen MR) is 86.2 cm³/mol. The second-order valence-electron chi connectivity index (χ2n) is 5.73. The molecule has 1 saturated heterocycles. The molecule has 0 aromatic carbocycles. The summed E-state index contributed by atoms with van der Waals surface area (Å²) >= 11 is 0. The molecule has 1 aromatic heterocycles. The molecular formula is C16H24N4O3. The molecule has 2 amide bonds. The molecule has 0 aliphatic carbocycles. The van der Waals surface area contributed by atoms with E-state index < -0.39 is 0 Å². The van der Waals surface area contributed by atoms with Gasteiger partial charge in [0.15, 0.2) is 0 Å². The maximum Gasteiger partial charge on any atom is 0.271 e. The van der Waals surface area contributed by atoms with Crippen molar-refractivity contribution >= 4 is 11.8 Å². The van der Waals surface area contributed by atoms with Gasteiger partial charge in [0, 0.05) is 38.7 Å². The van der Waals surface area contributed by atoms with Gasteiger partial charge in [0.05, 0.1) is 0 Å². The summed E-state index contributed by atoms with van der Waals surface area (Å²) in [6.07, 6.45) is 4.41. The van der Waals surface area contributed by atoms with E-state index in [0.717, 1.165) is 32.2 Å². The van der Waals surface area contributed by atoms with E-state index in [9.17, 15) is 14.4 Å². The van der Waals surface area contributed by atoms with Crippen molar-refractivity contribution in [3.05, 3.63) is 28.2 Å². The number of amides is 2. The Balaban J connectivity index is 1.88. The van der Waals surface area contributed by atoms with E-state index in [0.29, 0.717) is 26.1 Å². The molecule has 1 aliphatic heterocycles. The number of rotatable bonds is 6. The number of carbonyl (C=O) groups excluding carboxylic acids is 2. The summed E-state index contributed by atoms with van der Waals surface area (Å²) in [5.74, 6) is -0.163. The van der Waals surface area contributed by atoms with E-state index in [-0.39, 0.29) is 23.1 Å². The van der Waals surface area contributed by atoms with Gasteiger partial charge in [0.2, 0.25) is 5.91 Å². The van der Waals surface area contributed by atoms with E-state index in [2.05, 4.69) is 10.4 Å². The molecule has 7 heteroatoms. The molecule has 1 N–H and O–H groups in total. The van der Waals surface area contributed by atoms with Crippen molar-refractivity contribution in [3.8, 4) is 0 Å². The zero-order chi connectivity index (χ0) is 16.7. The minimum absolute atomic E-state index is 0.159. The van der Waals surface area contributed by atoms with Gasteiger partial charge in [0.25, 0.3) is 11.5 Å². The zero-order valence-electron chi connectivity index (χ0n) is 13.6. The highest BCUT2D eigenvalue weighted by Gasteiger charge is 2.16. The summed E-state index contributed by atoms with van der Waals surface area (Å²) < 4.78 is 1.30. The van der Waals surface area contributed by atoms with Crippen LogP contribution in [-0.2, 0) is 11.3 Å². The van der Waals surface area contributed by atoms with E-state index in [1.54, 1.807) is 4.90 Å². The van der Waals surface area contributed by atoms with Crippen molar-refractivity contribution in [3.63, 3.8) is 0 Å². The topological polar surface area (TPSA) is 84.3 Å². The van der Waals surface area contributed by atoms with Gasteiger partial charge in [-0.15, -0.1) is 0 Å². The van der Waals surface area contributed by atoms with Crippen LogP contribution >= 0.6 is 0 Å². The molecule has 0 atom stereocenters. The SMILES string of the molecule is CCCn1nc(C(=O)NCCN2CCCCCC2=O)ccc1=O. The molecule has 0 saturated carbocycles. The van der Waals surface area contributed by atoms with Crippen molar-refractivity contribution in [2.75, 3.05) is 19.6 Å². The number of likely N-dealkylation sites (tertiary alicyclic amines) is 1. The van der Waals surface area contributed by atoms with Crippen molar-refractivity contribution < 1.29 is 9.59 Å². The van der Waals surface area contributed by atoms with Crippen molar-refractivity contribution in [2.45, 2.75) is 45.6 Å². The maximum atomic E-state index is 12.1. The average Bonchev–Trinajstić information content (AvgIpc) is 2.74. The lowest BCUT2D eigenvalue weighted by atomic mass is 10.2. The van der Waals surface area contributed by atoms with Crippen LogP contribution in [0.4, 0.5) is 0 Å². The lowest BCUT2D eigenvalue weighted by Crippen LogP contribution is -2.39. The molecule has 7 nitrogen and oxygen atoms in total. The highest BCUT2D eigenvalue weighted by molar-refractivity contribution is 5.92. The first-order valence-corrected chi connectivity index (χ1v) is 8.26. The number of hydrogen-bond donors (Lipinski definition) is 1. The molecular weight excluding hydrogens is 296 g/mol. The van der Waals surface area contributed by atoms with Gasteiger partial charge < -0.3 is 10.2 Å². The van der Waals surface area contributed by atoms with Gasteiger partial charge >= 0.3 is 0 Å². The molecule has 2 heterocycles. The Bertz CT molecular complexity index is 612. The van der Waals surface area contributed by atoms with Crippen LogP contribution in [0.1, 0.15) is 49.5 Å². The highest BCUT2D eigenvalue weighted by Crippen LogP contribution is 2.10. The van der Waals surface area contributed by atoms with Crippen molar-refractivity contribution in [1.82, 2.24) is 20.0 Å². The molecule has 1 fully saturated rings. The Morgan fingerprint density at radius 2 is 2.04 bits per heavy atom.